The molecule has 1 aromatic heterocycles. The summed E-state index contributed by atoms with van der Waals surface area (Å²) >= 11 is 0. The molecule has 0 bridgehead atoms. The van der Waals surface area contributed by atoms with Gasteiger partial charge in [-0.3, -0.25) is 14.4 Å². The highest BCUT2D eigenvalue weighted by Gasteiger charge is 2.29. The number of carbonyl (C=O) groups excluding carboxylic acids is 3. The fourth-order valence-corrected chi connectivity index (χ4v) is 5.29. The number of aromatic nitrogens is 2. The summed E-state index contributed by atoms with van der Waals surface area (Å²) in [6, 6.07) is 14.6. The quantitative estimate of drug-likeness (QED) is 0.336. The predicted molar refractivity (Wildman–Crippen MR) is 154 cm³/mol. The molecule has 4 rings (SSSR count). The number of carbonyl (C=O) groups is 3. The molecule has 2 aromatic carbocycles. The summed E-state index contributed by atoms with van der Waals surface area (Å²) in [5, 5.41) is 10.4. The van der Waals surface area contributed by atoms with Crippen LogP contribution in [0, 0.1) is 12.8 Å². The lowest BCUT2D eigenvalue weighted by atomic mass is 9.82. The molecular weight excluding hydrogens is 524 g/mol. The minimum Gasteiger partial charge on any atom is -0.496 e. The number of hydrogen-bond acceptors (Lipinski definition) is 7. The van der Waals surface area contributed by atoms with Crippen LogP contribution in [0.1, 0.15) is 54.6 Å². The molecule has 1 aliphatic carbocycles. The van der Waals surface area contributed by atoms with Crippen LogP contribution in [0.25, 0.3) is 16.9 Å². The second-order valence-corrected chi connectivity index (χ2v) is 10.2. The number of benzene rings is 2. The van der Waals surface area contributed by atoms with E-state index in [-0.39, 0.29) is 36.4 Å². The van der Waals surface area contributed by atoms with Crippen molar-refractivity contribution in [1.82, 2.24) is 20.4 Å². The van der Waals surface area contributed by atoms with Crippen molar-refractivity contribution < 1.29 is 28.6 Å². The molecule has 41 heavy (non-hydrogen) atoms. The van der Waals surface area contributed by atoms with Crippen LogP contribution < -0.4 is 20.1 Å². The number of esters is 1. The van der Waals surface area contributed by atoms with Gasteiger partial charge in [-0.25, -0.2) is 4.68 Å². The summed E-state index contributed by atoms with van der Waals surface area (Å²) in [5.74, 6) is 0.0548. The van der Waals surface area contributed by atoms with E-state index in [1.165, 1.54) is 7.11 Å². The van der Waals surface area contributed by atoms with Gasteiger partial charge in [0.15, 0.2) is 5.69 Å². The minimum absolute atomic E-state index is 0.0548. The molecule has 1 fully saturated rings. The lowest BCUT2D eigenvalue weighted by molar-refractivity contribution is -0.141. The van der Waals surface area contributed by atoms with Crippen LogP contribution in [0.3, 0.4) is 0 Å². The van der Waals surface area contributed by atoms with Crippen LogP contribution in [0.15, 0.2) is 48.5 Å². The Hall–Kier alpha value is -4.34. The molecule has 0 aliphatic heterocycles. The molecule has 0 spiro atoms. The van der Waals surface area contributed by atoms with E-state index >= 15 is 0 Å². The Labute approximate surface area is 240 Å². The molecule has 1 saturated carbocycles. The van der Waals surface area contributed by atoms with Crippen molar-refractivity contribution in [3.8, 4) is 28.4 Å². The summed E-state index contributed by atoms with van der Waals surface area (Å²) in [7, 11) is 4.43. The lowest BCUT2D eigenvalue weighted by Crippen LogP contribution is -2.45. The van der Waals surface area contributed by atoms with Crippen molar-refractivity contribution in [3.05, 3.63) is 59.8 Å². The van der Waals surface area contributed by atoms with Crippen molar-refractivity contribution in [2.75, 3.05) is 27.9 Å². The molecular formula is C31H38N4O6. The number of rotatable bonds is 11. The Bertz CT molecular complexity index is 1340. The first-order chi connectivity index (χ1) is 19.8. The Balaban J connectivity index is 1.68. The van der Waals surface area contributed by atoms with Gasteiger partial charge >= 0.3 is 5.97 Å². The van der Waals surface area contributed by atoms with E-state index in [0.29, 0.717) is 22.8 Å². The van der Waals surface area contributed by atoms with Crippen molar-refractivity contribution in [1.29, 1.82) is 0 Å². The Morgan fingerprint density at radius 1 is 0.976 bits per heavy atom. The van der Waals surface area contributed by atoms with E-state index in [4.69, 9.17) is 14.6 Å². The minimum atomic E-state index is -0.530. The monoisotopic (exact) mass is 562 g/mol. The van der Waals surface area contributed by atoms with Crippen molar-refractivity contribution in [3.63, 3.8) is 0 Å². The third-order valence-corrected chi connectivity index (χ3v) is 7.50. The number of ether oxygens (including phenoxy) is 3. The van der Waals surface area contributed by atoms with E-state index in [2.05, 4.69) is 15.4 Å². The smallest absolute Gasteiger partial charge is 0.325 e. The fourth-order valence-electron chi connectivity index (χ4n) is 5.29. The predicted octanol–water partition coefficient (Wildman–Crippen LogP) is 4.22. The maximum Gasteiger partial charge on any atom is 0.325 e. The number of nitrogens with zero attached hydrogens (tertiary/aromatic N) is 2. The molecule has 2 N–H and O–H groups in total. The normalized spacial score (nSPS) is 14.1. The van der Waals surface area contributed by atoms with E-state index in [1.54, 1.807) is 25.0 Å². The zero-order valence-electron chi connectivity index (χ0n) is 24.1. The van der Waals surface area contributed by atoms with Crippen molar-refractivity contribution >= 4 is 17.8 Å². The largest absolute Gasteiger partial charge is 0.496 e. The molecule has 3 aromatic rings. The Kier molecular flexibility index (Phi) is 10.00. The molecule has 1 heterocycles. The highest BCUT2D eigenvalue weighted by atomic mass is 16.5. The van der Waals surface area contributed by atoms with Gasteiger partial charge in [-0.05, 0) is 56.0 Å². The SMILES string of the molecule is COC(=O)CNC(=O)CC(NC(=O)c1cc(-c2c(OC)cccc2OC)n(-c2ccc(C)cc2)n1)C1CCCCC1. The summed E-state index contributed by atoms with van der Waals surface area (Å²) in [4.78, 5) is 38.0. The van der Waals surface area contributed by atoms with Gasteiger partial charge in [0.2, 0.25) is 5.91 Å². The maximum atomic E-state index is 13.7. The van der Waals surface area contributed by atoms with Crippen molar-refractivity contribution in [2.45, 2.75) is 51.5 Å². The van der Waals surface area contributed by atoms with Gasteiger partial charge in [-0.15, -0.1) is 0 Å². The average Bonchev–Trinajstić information content (AvgIpc) is 3.45. The zero-order valence-corrected chi connectivity index (χ0v) is 24.1. The highest BCUT2D eigenvalue weighted by Crippen LogP contribution is 2.39. The first-order valence-electron chi connectivity index (χ1n) is 13.9. The molecule has 1 aliphatic rings. The average molecular weight is 563 g/mol. The summed E-state index contributed by atoms with van der Waals surface area (Å²) < 4.78 is 17.6. The first-order valence-corrected chi connectivity index (χ1v) is 13.9. The third-order valence-electron chi connectivity index (χ3n) is 7.50. The summed E-state index contributed by atoms with van der Waals surface area (Å²) in [6.07, 6.45) is 5.10. The van der Waals surface area contributed by atoms with Gasteiger partial charge in [0.05, 0.1) is 38.3 Å². The van der Waals surface area contributed by atoms with E-state index < -0.39 is 12.0 Å². The number of nitrogens with one attached hydrogen (secondary N) is 2. The Morgan fingerprint density at radius 2 is 1.63 bits per heavy atom. The van der Waals surface area contributed by atoms with Gasteiger partial charge in [0, 0.05) is 12.5 Å². The Morgan fingerprint density at radius 3 is 2.24 bits per heavy atom. The third kappa shape index (κ3) is 7.25. The molecule has 0 radical (unpaired) electrons. The number of methoxy groups -OCH3 is 3. The highest BCUT2D eigenvalue weighted by molar-refractivity contribution is 5.95. The zero-order chi connectivity index (χ0) is 29.4. The second kappa shape index (κ2) is 13.8. The van der Waals surface area contributed by atoms with Crippen LogP contribution >= 0.6 is 0 Å². The van der Waals surface area contributed by atoms with E-state index in [9.17, 15) is 14.4 Å². The summed E-state index contributed by atoms with van der Waals surface area (Å²) in [5.41, 5.74) is 3.35. The second-order valence-electron chi connectivity index (χ2n) is 10.2. The van der Waals surface area contributed by atoms with Crippen molar-refractivity contribution in [2.24, 2.45) is 5.92 Å². The van der Waals surface area contributed by atoms with Gasteiger partial charge in [-0.1, -0.05) is 43.0 Å². The van der Waals surface area contributed by atoms with Gasteiger partial charge in [0.25, 0.3) is 5.91 Å². The standard InChI is InChI=1S/C31H38N4O6/c1-20-13-15-22(16-14-20)35-25(30-26(39-2)11-8-12-27(30)40-3)17-24(34-35)31(38)33-23(21-9-6-5-7-10-21)18-28(36)32-19-29(37)41-4/h8,11-17,21,23H,5-7,9-10,18-19H2,1-4H3,(H,32,36)(H,33,38). The van der Waals surface area contributed by atoms with Crippen LogP contribution in [-0.2, 0) is 14.3 Å². The van der Waals surface area contributed by atoms with Crippen LogP contribution in [0.5, 0.6) is 11.5 Å². The van der Waals surface area contributed by atoms with Crippen LogP contribution in [0.4, 0.5) is 0 Å². The lowest BCUT2D eigenvalue weighted by Gasteiger charge is -2.30. The number of hydrogen-bond donors (Lipinski definition) is 2. The summed E-state index contributed by atoms with van der Waals surface area (Å²) in [6.45, 7) is 1.79. The molecule has 1 unspecified atom stereocenters. The molecule has 0 saturated heterocycles. The molecule has 218 valence electrons. The fraction of sp³-hybridized carbons (Fsp3) is 0.419. The maximum absolute atomic E-state index is 13.7. The van der Waals surface area contributed by atoms with Gasteiger partial charge in [0.1, 0.15) is 18.0 Å². The molecule has 10 heteroatoms. The molecule has 1 atom stereocenters. The van der Waals surface area contributed by atoms with E-state index in [1.807, 2.05) is 49.4 Å². The molecule has 2 amide bonds. The van der Waals surface area contributed by atoms with Crippen LogP contribution in [0.2, 0.25) is 0 Å². The van der Waals surface area contributed by atoms with E-state index in [0.717, 1.165) is 43.4 Å². The number of amides is 2. The van der Waals surface area contributed by atoms with Gasteiger partial charge < -0.3 is 24.8 Å². The first kappa shape index (κ1) is 29.6. The number of aryl methyl sites for hydroxylation is 1. The van der Waals surface area contributed by atoms with Crippen LogP contribution in [-0.4, -0.2) is 61.5 Å². The topological polar surface area (TPSA) is 121 Å². The van der Waals surface area contributed by atoms with Gasteiger partial charge in [-0.2, -0.15) is 5.10 Å². The molecule has 10 nitrogen and oxygen atoms in total.